The van der Waals surface area contributed by atoms with Gasteiger partial charge in [-0.15, -0.1) is 0 Å². The van der Waals surface area contributed by atoms with Gasteiger partial charge in [0.25, 0.3) is 5.91 Å². The Morgan fingerprint density at radius 1 is 1.43 bits per heavy atom. The van der Waals surface area contributed by atoms with Gasteiger partial charge in [0.1, 0.15) is 0 Å². The van der Waals surface area contributed by atoms with Crippen LogP contribution in [-0.2, 0) is 0 Å². The number of allylic oxidation sites excluding steroid dienone is 1. The Morgan fingerprint density at radius 3 is 2.76 bits per heavy atom. The normalized spacial score (nSPS) is 17.5. The van der Waals surface area contributed by atoms with Gasteiger partial charge in [-0.2, -0.15) is 0 Å². The summed E-state index contributed by atoms with van der Waals surface area (Å²) >= 11 is 0. The molecule has 0 radical (unpaired) electrons. The monoisotopic (exact) mass is 291 g/mol. The topological polar surface area (TPSA) is 49.8 Å². The molecule has 0 saturated carbocycles. The number of ether oxygens (including phenoxy) is 1. The first-order valence-electron chi connectivity index (χ1n) is 7.48. The zero-order valence-electron chi connectivity index (χ0n) is 13.3. The predicted molar refractivity (Wildman–Crippen MR) is 84.9 cm³/mol. The summed E-state index contributed by atoms with van der Waals surface area (Å²) in [5.41, 5.74) is 0.547. The molecule has 1 fully saturated rings. The van der Waals surface area contributed by atoms with E-state index in [1.54, 1.807) is 12.1 Å². The Labute approximate surface area is 127 Å². The molecule has 116 valence electrons. The highest BCUT2D eigenvalue weighted by molar-refractivity contribution is 5.95. The molecule has 1 atom stereocenters. The van der Waals surface area contributed by atoms with Crippen molar-refractivity contribution in [3.05, 3.63) is 35.9 Å². The molecule has 1 saturated heterocycles. The molecule has 1 aromatic carbocycles. The average molecular weight is 291 g/mol. The second kappa shape index (κ2) is 8.35. The Balaban J connectivity index is 0.00000106. The minimum absolute atomic E-state index is 0.0149. The summed E-state index contributed by atoms with van der Waals surface area (Å²) in [6.07, 6.45) is 6.07. The van der Waals surface area contributed by atoms with E-state index in [0.29, 0.717) is 11.3 Å². The van der Waals surface area contributed by atoms with Gasteiger partial charge in [0.2, 0.25) is 0 Å². The minimum atomic E-state index is -0.0149. The predicted octanol–water partition coefficient (Wildman–Crippen LogP) is 3.61. The average Bonchev–Trinajstić information content (AvgIpc) is 2.98. The third-order valence-corrected chi connectivity index (χ3v) is 3.40. The van der Waals surface area contributed by atoms with E-state index in [-0.39, 0.29) is 17.7 Å². The number of phenolic OH excluding ortho intramolecular Hbond substituents is 1. The summed E-state index contributed by atoms with van der Waals surface area (Å²) in [4.78, 5) is 14.3. The summed E-state index contributed by atoms with van der Waals surface area (Å²) < 4.78 is 5.04. The number of carbonyl (C=O) groups is 1. The number of likely N-dealkylation sites (tertiary alicyclic amines) is 1. The first kappa shape index (κ1) is 17.1. The standard InChI is InChI=1S/C15H19NO3.C2H6/c1-3-5-12-6-4-9-16(12)15(18)11-7-8-13(17)14(10-11)19-2;1-2/h3,5,7-8,10,12,17H,4,6,9H2,1-2H3;1-2H3/b5-3-;. The number of carbonyl (C=O) groups excluding carboxylic acids is 1. The molecular formula is C17H25NO3. The van der Waals surface area contributed by atoms with Crippen LogP contribution in [0.2, 0.25) is 0 Å². The number of amides is 1. The Bertz CT molecular complexity index is 497. The lowest BCUT2D eigenvalue weighted by atomic mass is 10.1. The molecule has 0 spiro atoms. The van der Waals surface area contributed by atoms with Crippen LogP contribution >= 0.6 is 0 Å². The highest BCUT2D eigenvalue weighted by Gasteiger charge is 2.27. The molecule has 4 heteroatoms. The zero-order chi connectivity index (χ0) is 15.8. The van der Waals surface area contributed by atoms with E-state index >= 15 is 0 Å². The van der Waals surface area contributed by atoms with Crippen molar-refractivity contribution < 1.29 is 14.6 Å². The fourth-order valence-corrected chi connectivity index (χ4v) is 2.44. The number of hydrogen-bond donors (Lipinski definition) is 1. The Hall–Kier alpha value is -1.97. The quantitative estimate of drug-likeness (QED) is 0.866. The molecule has 0 aliphatic carbocycles. The SMILES string of the molecule is C/C=C\C1CCCN1C(=O)c1ccc(O)c(OC)c1.CC. The molecule has 1 aliphatic heterocycles. The van der Waals surface area contributed by atoms with Gasteiger partial charge in [0.15, 0.2) is 11.5 Å². The van der Waals surface area contributed by atoms with E-state index in [0.717, 1.165) is 19.4 Å². The van der Waals surface area contributed by atoms with Gasteiger partial charge >= 0.3 is 0 Å². The summed E-state index contributed by atoms with van der Waals surface area (Å²) in [6, 6.07) is 4.89. The molecule has 1 aliphatic rings. The third kappa shape index (κ3) is 4.00. The van der Waals surface area contributed by atoms with Crippen molar-refractivity contribution in [2.45, 2.75) is 39.7 Å². The van der Waals surface area contributed by atoms with E-state index in [1.807, 2.05) is 31.7 Å². The number of nitrogens with zero attached hydrogens (tertiary/aromatic N) is 1. The largest absolute Gasteiger partial charge is 0.504 e. The Kier molecular flexibility index (Phi) is 6.79. The highest BCUT2D eigenvalue weighted by Crippen LogP contribution is 2.28. The van der Waals surface area contributed by atoms with E-state index in [1.165, 1.54) is 13.2 Å². The maximum Gasteiger partial charge on any atom is 0.254 e. The summed E-state index contributed by atoms with van der Waals surface area (Å²) in [5.74, 6) is 0.358. The van der Waals surface area contributed by atoms with Crippen LogP contribution in [0.15, 0.2) is 30.4 Å². The van der Waals surface area contributed by atoms with Crippen molar-refractivity contribution in [3.63, 3.8) is 0 Å². The molecule has 1 amide bonds. The van der Waals surface area contributed by atoms with Crippen LogP contribution in [0, 0.1) is 0 Å². The van der Waals surface area contributed by atoms with Gasteiger partial charge < -0.3 is 14.7 Å². The number of benzene rings is 1. The van der Waals surface area contributed by atoms with Gasteiger partial charge in [0, 0.05) is 12.1 Å². The second-order valence-corrected chi connectivity index (χ2v) is 4.62. The van der Waals surface area contributed by atoms with Crippen molar-refractivity contribution in [2.24, 2.45) is 0 Å². The van der Waals surface area contributed by atoms with Crippen molar-refractivity contribution in [1.29, 1.82) is 0 Å². The molecule has 0 aromatic heterocycles. The lowest BCUT2D eigenvalue weighted by Crippen LogP contribution is -2.34. The van der Waals surface area contributed by atoms with Crippen LogP contribution < -0.4 is 4.74 Å². The molecule has 21 heavy (non-hydrogen) atoms. The fourth-order valence-electron chi connectivity index (χ4n) is 2.44. The van der Waals surface area contributed by atoms with Gasteiger partial charge in [-0.3, -0.25) is 4.79 Å². The number of methoxy groups -OCH3 is 1. The number of hydrogen-bond acceptors (Lipinski definition) is 3. The first-order valence-corrected chi connectivity index (χ1v) is 7.48. The van der Waals surface area contributed by atoms with E-state index in [2.05, 4.69) is 6.08 Å². The van der Waals surface area contributed by atoms with Crippen LogP contribution in [0.25, 0.3) is 0 Å². The van der Waals surface area contributed by atoms with E-state index < -0.39 is 0 Å². The second-order valence-electron chi connectivity index (χ2n) is 4.62. The van der Waals surface area contributed by atoms with Crippen molar-refractivity contribution in [2.75, 3.05) is 13.7 Å². The van der Waals surface area contributed by atoms with Gasteiger partial charge in [0.05, 0.1) is 13.2 Å². The maximum atomic E-state index is 12.5. The highest BCUT2D eigenvalue weighted by atomic mass is 16.5. The summed E-state index contributed by atoms with van der Waals surface area (Å²) in [7, 11) is 1.47. The molecule has 1 heterocycles. The minimum Gasteiger partial charge on any atom is -0.504 e. The smallest absolute Gasteiger partial charge is 0.254 e. The molecule has 4 nitrogen and oxygen atoms in total. The van der Waals surface area contributed by atoms with Crippen molar-refractivity contribution >= 4 is 5.91 Å². The van der Waals surface area contributed by atoms with Crippen molar-refractivity contribution in [3.8, 4) is 11.5 Å². The molecule has 1 unspecified atom stereocenters. The summed E-state index contributed by atoms with van der Waals surface area (Å²) in [5, 5.41) is 9.56. The lowest BCUT2D eigenvalue weighted by Gasteiger charge is -2.22. The zero-order valence-corrected chi connectivity index (χ0v) is 13.3. The van der Waals surface area contributed by atoms with Gasteiger partial charge in [-0.05, 0) is 38.0 Å². The summed E-state index contributed by atoms with van der Waals surface area (Å²) in [6.45, 7) is 6.74. The van der Waals surface area contributed by atoms with Crippen LogP contribution in [-0.4, -0.2) is 35.6 Å². The number of aromatic hydroxyl groups is 1. The van der Waals surface area contributed by atoms with Crippen LogP contribution in [0.3, 0.4) is 0 Å². The Morgan fingerprint density at radius 2 is 2.14 bits per heavy atom. The van der Waals surface area contributed by atoms with Crippen LogP contribution in [0.5, 0.6) is 11.5 Å². The molecular weight excluding hydrogens is 266 g/mol. The third-order valence-electron chi connectivity index (χ3n) is 3.40. The number of rotatable bonds is 3. The van der Waals surface area contributed by atoms with E-state index in [4.69, 9.17) is 4.74 Å². The number of phenols is 1. The van der Waals surface area contributed by atoms with Gasteiger partial charge in [-0.25, -0.2) is 0 Å². The molecule has 2 rings (SSSR count). The molecule has 1 N–H and O–H groups in total. The van der Waals surface area contributed by atoms with Crippen LogP contribution in [0.4, 0.5) is 0 Å². The van der Waals surface area contributed by atoms with Crippen LogP contribution in [0.1, 0.15) is 44.0 Å². The van der Waals surface area contributed by atoms with Crippen molar-refractivity contribution in [1.82, 2.24) is 4.90 Å². The lowest BCUT2D eigenvalue weighted by molar-refractivity contribution is 0.0761. The molecule has 0 bridgehead atoms. The fraction of sp³-hybridized carbons (Fsp3) is 0.471. The molecule has 1 aromatic rings. The van der Waals surface area contributed by atoms with E-state index in [9.17, 15) is 9.90 Å². The first-order chi connectivity index (χ1) is 10.2. The maximum absolute atomic E-state index is 12.5. The van der Waals surface area contributed by atoms with Gasteiger partial charge in [-0.1, -0.05) is 26.0 Å².